The van der Waals surface area contributed by atoms with Gasteiger partial charge in [-0.1, -0.05) is 26.0 Å². The van der Waals surface area contributed by atoms with Crippen molar-refractivity contribution < 1.29 is 18.7 Å². The molecular weight excluding hydrogens is 369 g/mol. The van der Waals surface area contributed by atoms with Crippen molar-refractivity contribution in [3.63, 3.8) is 0 Å². The second-order valence-electron chi connectivity index (χ2n) is 6.64. The van der Waals surface area contributed by atoms with E-state index < -0.39 is 6.04 Å². The second-order valence-corrected chi connectivity index (χ2v) is 7.67. The largest absolute Gasteiger partial charge is 0.378 e. The molecule has 1 aliphatic heterocycles. The molecule has 0 radical (unpaired) electrons. The molecule has 2 heterocycles. The number of hydrogen-bond donors (Lipinski definition) is 1. The van der Waals surface area contributed by atoms with Crippen LogP contribution in [-0.2, 0) is 9.53 Å². The van der Waals surface area contributed by atoms with E-state index in [2.05, 4.69) is 10.3 Å². The van der Waals surface area contributed by atoms with E-state index in [1.54, 1.807) is 23.1 Å². The molecule has 1 aliphatic rings. The van der Waals surface area contributed by atoms with E-state index in [9.17, 15) is 14.0 Å². The van der Waals surface area contributed by atoms with Crippen molar-refractivity contribution in [1.82, 2.24) is 15.2 Å². The van der Waals surface area contributed by atoms with Gasteiger partial charge in [-0.05, 0) is 18.1 Å². The van der Waals surface area contributed by atoms with E-state index >= 15 is 0 Å². The third kappa shape index (κ3) is 4.51. The van der Waals surface area contributed by atoms with Crippen LogP contribution < -0.4 is 5.32 Å². The van der Waals surface area contributed by atoms with Crippen molar-refractivity contribution in [3.8, 4) is 10.6 Å². The molecule has 0 saturated carbocycles. The Kier molecular flexibility index (Phi) is 6.18. The fourth-order valence-electron chi connectivity index (χ4n) is 2.84. The highest BCUT2D eigenvalue weighted by Crippen LogP contribution is 2.27. The molecule has 2 amide bonds. The molecular formula is C19H22FN3O3S. The molecule has 1 unspecified atom stereocenters. The van der Waals surface area contributed by atoms with Crippen LogP contribution in [0.3, 0.4) is 0 Å². The second kappa shape index (κ2) is 8.58. The third-order valence-electron chi connectivity index (χ3n) is 4.38. The van der Waals surface area contributed by atoms with Gasteiger partial charge in [0.25, 0.3) is 5.91 Å². The summed E-state index contributed by atoms with van der Waals surface area (Å²) in [5, 5.41) is 3.24. The number of aromatic nitrogens is 1. The van der Waals surface area contributed by atoms with Gasteiger partial charge in [-0.3, -0.25) is 9.59 Å². The Hall–Kier alpha value is -2.32. The van der Waals surface area contributed by atoms with Crippen molar-refractivity contribution in [3.05, 3.63) is 41.2 Å². The molecule has 27 heavy (non-hydrogen) atoms. The molecule has 6 nitrogen and oxygen atoms in total. The van der Waals surface area contributed by atoms with Gasteiger partial charge in [0.15, 0.2) is 0 Å². The summed E-state index contributed by atoms with van der Waals surface area (Å²) >= 11 is 1.10. The van der Waals surface area contributed by atoms with Gasteiger partial charge in [0.1, 0.15) is 21.7 Å². The highest BCUT2D eigenvalue weighted by Gasteiger charge is 2.30. The third-order valence-corrected chi connectivity index (χ3v) is 5.41. The van der Waals surface area contributed by atoms with Crippen LogP contribution in [0, 0.1) is 11.7 Å². The maximum absolute atomic E-state index is 13.9. The normalized spacial score (nSPS) is 15.6. The quantitative estimate of drug-likeness (QED) is 0.850. The summed E-state index contributed by atoms with van der Waals surface area (Å²) in [5.74, 6) is -0.944. The number of carbonyl (C=O) groups excluding carboxylic acids is 2. The number of ether oxygens (including phenoxy) is 1. The summed E-state index contributed by atoms with van der Waals surface area (Å²) in [6, 6.07) is 5.66. The Morgan fingerprint density at radius 1 is 1.26 bits per heavy atom. The zero-order valence-electron chi connectivity index (χ0n) is 15.3. The first-order valence-electron chi connectivity index (χ1n) is 8.85. The van der Waals surface area contributed by atoms with E-state index in [0.717, 1.165) is 11.3 Å². The van der Waals surface area contributed by atoms with Gasteiger partial charge in [0.05, 0.1) is 19.4 Å². The molecule has 0 bridgehead atoms. The van der Waals surface area contributed by atoms with Crippen LogP contribution in [0.15, 0.2) is 30.5 Å². The molecule has 1 aromatic carbocycles. The maximum Gasteiger partial charge on any atom is 0.263 e. The van der Waals surface area contributed by atoms with E-state index in [4.69, 9.17) is 4.74 Å². The van der Waals surface area contributed by atoms with E-state index in [-0.39, 0.29) is 23.5 Å². The predicted octanol–water partition coefficient (Wildman–Crippen LogP) is 2.56. The lowest BCUT2D eigenvalue weighted by atomic mass is 10.0. The lowest BCUT2D eigenvalue weighted by molar-refractivity contribution is -0.138. The molecule has 144 valence electrons. The summed E-state index contributed by atoms with van der Waals surface area (Å²) < 4.78 is 19.2. The zero-order valence-corrected chi connectivity index (χ0v) is 16.1. The van der Waals surface area contributed by atoms with Gasteiger partial charge in [-0.25, -0.2) is 9.37 Å². The average Bonchev–Trinajstić information content (AvgIpc) is 3.16. The van der Waals surface area contributed by atoms with Crippen molar-refractivity contribution >= 4 is 23.2 Å². The molecule has 1 fully saturated rings. The maximum atomic E-state index is 13.9. The summed E-state index contributed by atoms with van der Waals surface area (Å²) in [5.41, 5.74) is 0.353. The molecule has 0 aliphatic carbocycles. The van der Waals surface area contributed by atoms with E-state index in [1.165, 1.54) is 12.3 Å². The zero-order chi connectivity index (χ0) is 19.4. The number of benzene rings is 1. The molecule has 1 N–H and O–H groups in total. The monoisotopic (exact) mass is 391 g/mol. The summed E-state index contributed by atoms with van der Waals surface area (Å²) in [6.07, 6.45) is 1.42. The number of rotatable bonds is 5. The Bertz CT molecular complexity index is 818. The molecule has 0 spiro atoms. The van der Waals surface area contributed by atoms with Gasteiger partial charge in [-0.2, -0.15) is 0 Å². The number of nitrogens with zero attached hydrogens (tertiary/aromatic N) is 2. The number of morpholine rings is 1. The fourth-order valence-corrected chi connectivity index (χ4v) is 3.69. The predicted molar refractivity (Wildman–Crippen MR) is 101 cm³/mol. The van der Waals surface area contributed by atoms with Crippen LogP contribution in [-0.4, -0.2) is 54.0 Å². The van der Waals surface area contributed by atoms with Crippen molar-refractivity contribution in [2.45, 2.75) is 19.9 Å². The lowest BCUT2D eigenvalue weighted by Crippen LogP contribution is -2.53. The average molecular weight is 391 g/mol. The number of halogens is 1. The van der Waals surface area contributed by atoms with Gasteiger partial charge in [0.2, 0.25) is 5.91 Å². The van der Waals surface area contributed by atoms with Gasteiger partial charge >= 0.3 is 0 Å². The van der Waals surface area contributed by atoms with Crippen LogP contribution in [0.1, 0.15) is 23.5 Å². The van der Waals surface area contributed by atoms with Crippen LogP contribution in [0.5, 0.6) is 0 Å². The number of nitrogens with one attached hydrogen (secondary N) is 1. The standard InChI is InChI=1S/C19H22FN3O3S/c1-12(2)16(19(25)23-7-9-26-10-8-23)22-17(24)15-11-21-18(27-15)13-5-3-4-6-14(13)20/h3-6,11-12,16H,7-10H2,1-2H3,(H,22,24). The first kappa shape index (κ1) is 19.4. The number of carbonyl (C=O) groups is 2. The van der Waals surface area contributed by atoms with Crippen LogP contribution in [0.4, 0.5) is 4.39 Å². The van der Waals surface area contributed by atoms with Crippen LogP contribution in [0.25, 0.3) is 10.6 Å². The topological polar surface area (TPSA) is 71.5 Å². The van der Waals surface area contributed by atoms with Gasteiger partial charge in [0, 0.05) is 18.7 Å². The molecule has 3 rings (SSSR count). The first-order chi connectivity index (χ1) is 13.0. The minimum Gasteiger partial charge on any atom is -0.378 e. The Morgan fingerprint density at radius 2 is 1.96 bits per heavy atom. The van der Waals surface area contributed by atoms with Gasteiger partial charge < -0.3 is 15.0 Å². The smallest absolute Gasteiger partial charge is 0.263 e. The van der Waals surface area contributed by atoms with Crippen LogP contribution in [0.2, 0.25) is 0 Å². The minimum absolute atomic E-state index is 0.0664. The minimum atomic E-state index is -0.630. The number of thiazole rings is 1. The lowest BCUT2D eigenvalue weighted by Gasteiger charge is -2.32. The van der Waals surface area contributed by atoms with Crippen LogP contribution >= 0.6 is 11.3 Å². The number of amides is 2. The fraction of sp³-hybridized carbons (Fsp3) is 0.421. The summed E-state index contributed by atoms with van der Waals surface area (Å²) in [7, 11) is 0. The molecule has 8 heteroatoms. The summed E-state index contributed by atoms with van der Waals surface area (Å²) in [6.45, 7) is 5.84. The molecule has 2 aromatic rings. The molecule has 1 saturated heterocycles. The van der Waals surface area contributed by atoms with Crippen molar-refractivity contribution in [2.24, 2.45) is 5.92 Å². The number of hydrogen-bond acceptors (Lipinski definition) is 5. The SMILES string of the molecule is CC(C)C(NC(=O)c1cnc(-c2ccccc2F)s1)C(=O)N1CCOCC1. The van der Waals surface area contributed by atoms with Gasteiger partial charge in [-0.15, -0.1) is 11.3 Å². The summed E-state index contributed by atoms with van der Waals surface area (Å²) in [4.78, 5) is 31.6. The van der Waals surface area contributed by atoms with Crippen molar-refractivity contribution in [1.29, 1.82) is 0 Å². The highest BCUT2D eigenvalue weighted by atomic mass is 32.1. The molecule has 1 atom stereocenters. The highest BCUT2D eigenvalue weighted by molar-refractivity contribution is 7.16. The Morgan fingerprint density at radius 3 is 2.63 bits per heavy atom. The van der Waals surface area contributed by atoms with E-state index in [1.807, 2.05) is 13.8 Å². The Labute approximate surface area is 161 Å². The van der Waals surface area contributed by atoms with E-state index in [0.29, 0.717) is 41.8 Å². The van der Waals surface area contributed by atoms with Crippen molar-refractivity contribution in [2.75, 3.05) is 26.3 Å². The Balaban J connectivity index is 1.73. The molecule has 1 aromatic heterocycles. The first-order valence-corrected chi connectivity index (χ1v) is 9.67.